The van der Waals surface area contributed by atoms with Gasteiger partial charge in [-0.15, -0.1) is 11.8 Å². The highest BCUT2D eigenvalue weighted by Gasteiger charge is 2.31. The minimum absolute atomic E-state index is 0.173. The van der Waals surface area contributed by atoms with Crippen molar-refractivity contribution in [2.45, 2.75) is 22.6 Å². The van der Waals surface area contributed by atoms with Gasteiger partial charge in [0.15, 0.2) is 5.16 Å². The molecule has 0 saturated heterocycles. The van der Waals surface area contributed by atoms with Crippen molar-refractivity contribution in [1.82, 2.24) is 9.55 Å². The normalized spacial score (nSPS) is 13.7. The van der Waals surface area contributed by atoms with E-state index >= 15 is 0 Å². The molecule has 1 aromatic heterocycles. The van der Waals surface area contributed by atoms with E-state index in [0.29, 0.717) is 22.2 Å². The number of aromatic nitrogens is 2. The van der Waals surface area contributed by atoms with E-state index in [1.165, 1.54) is 40.2 Å². The number of aryl methyl sites for hydroxylation is 1. The molecule has 0 amide bonds. The van der Waals surface area contributed by atoms with Gasteiger partial charge in [-0.2, -0.15) is 13.2 Å². The Hall–Kier alpha value is -2.45. The maximum Gasteiger partial charge on any atom is 0.416 e. The molecule has 3 nitrogen and oxygen atoms in total. The Balaban J connectivity index is 1.69. The first-order valence-electron chi connectivity index (χ1n) is 9.24. The summed E-state index contributed by atoms with van der Waals surface area (Å²) in [5.74, 6) is 1.29. The molecule has 1 aliphatic heterocycles. The SMILES string of the molecule is O=c1c2c(nc(SC/C=C/c3ccccc3)n1-c1cccc(C(F)(F)F)c1)CCS2. The average Bonchev–Trinajstić information content (AvgIpc) is 3.21. The molecule has 0 bridgehead atoms. The van der Waals surface area contributed by atoms with Crippen molar-refractivity contribution in [3.63, 3.8) is 0 Å². The summed E-state index contributed by atoms with van der Waals surface area (Å²) in [5.41, 5.74) is 0.845. The van der Waals surface area contributed by atoms with Crippen LogP contribution in [0.4, 0.5) is 13.2 Å². The number of thioether (sulfide) groups is 2. The van der Waals surface area contributed by atoms with Crippen molar-refractivity contribution in [2.75, 3.05) is 11.5 Å². The van der Waals surface area contributed by atoms with Gasteiger partial charge in [0.2, 0.25) is 0 Å². The molecule has 2 heterocycles. The third-order valence-corrected chi connectivity index (χ3v) is 6.52. The van der Waals surface area contributed by atoms with Gasteiger partial charge in [0, 0.05) is 17.9 Å². The Morgan fingerprint density at radius 1 is 1.13 bits per heavy atom. The van der Waals surface area contributed by atoms with E-state index in [9.17, 15) is 18.0 Å². The van der Waals surface area contributed by atoms with Gasteiger partial charge in [0.1, 0.15) is 0 Å². The summed E-state index contributed by atoms with van der Waals surface area (Å²) in [4.78, 5) is 18.2. The molecule has 0 spiro atoms. The molecule has 4 rings (SSSR count). The van der Waals surface area contributed by atoms with E-state index in [2.05, 4.69) is 4.98 Å². The summed E-state index contributed by atoms with van der Waals surface area (Å²) >= 11 is 2.74. The molecule has 0 aliphatic carbocycles. The fourth-order valence-electron chi connectivity index (χ4n) is 3.11. The lowest BCUT2D eigenvalue weighted by atomic mass is 10.2. The summed E-state index contributed by atoms with van der Waals surface area (Å²) in [6.45, 7) is 0. The number of nitrogens with zero attached hydrogens (tertiary/aromatic N) is 2. The number of alkyl halides is 3. The van der Waals surface area contributed by atoms with Gasteiger partial charge in [-0.05, 0) is 23.8 Å². The number of hydrogen-bond donors (Lipinski definition) is 0. The maximum absolute atomic E-state index is 13.2. The second-order valence-corrected chi connectivity index (χ2v) is 8.67. The summed E-state index contributed by atoms with van der Waals surface area (Å²) in [5, 5.41) is 0.401. The number of fused-ring (bicyclic) bond motifs is 1. The lowest BCUT2D eigenvalue weighted by molar-refractivity contribution is -0.137. The predicted molar refractivity (Wildman–Crippen MR) is 115 cm³/mol. The summed E-state index contributed by atoms with van der Waals surface area (Å²) < 4.78 is 40.9. The molecule has 0 N–H and O–H groups in total. The smallest absolute Gasteiger partial charge is 0.268 e. The monoisotopic (exact) mass is 446 g/mol. The van der Waals surface area contributed by atoms with Crippen LogP contribution in [-0.4, -0.2) is 21.1 Å². The molecular weight excluding hydrogens is 429 g/mol. The summed E-state index contributed by atoms with van der Waals surface area (Å²) in [7, 11) is 0. The van der Waals surface area contributed by atoms with Crippen molar-refractivity contribution < 1.29 is 13.2 Å². The largest absolute Gasteiger partial charge is 0.416 e. The van der Waals surface area contributed by atoms with Crippen molar-refractivity contribution in [3.05, 3.63) is 87.8 Å². The zero-order valence-electron chi connectivity index (χ0n) is 15.7. The molecule has 0 saturated carbocycles. The number of halogens is 3. The molecule has 0 atom stereocenters. The van der Waals surface area contributed by atoms with Gasteiger partial charge in [-0.1, -0.05) is 60.3 Å². The van der Waals surface area contributed by atoms with Crippen LogP contribution in [0.15, 0.2) is 75.5 Å². The Morgan fingerprint density at radius 3 is 2.70 bits per heavy atom. The van der Waals surface area contributed by atoms with Crippen molar-refractivity contribution in [3.8, 4) is 5.69 Å². The predicted octanol–water partition coefficient (Wildman–Crippen LogP) is 5.71. The summed E-state index contributed by atoms with van der Waals surface area (Å²) in [6, 6.07) is 14.6. The van der Waals surface area contributed by atoms with Crippen LogP contribution >= 0.6 is 23.5 Å². The number of benzene rings is 2. The molecule has 30 heavy (non-hydrogen) atoms. The highest BCUT2D eigenvalue weighted by Crippen LogP contribution is 2.33. The van der Waals surface area contributed by atoms with Crippen LogP contribution in [0.2, 0.25) is 0 Å². The fourth-order valence-corrected chi connectivity index (χ4v) is 4.97. The topological polar surface area (TPSA) is 34.9 Å². The van der Waals surface area contributed by atoms with Crippen LogP contribution in [0, 0.1) is 0 Å². The number of hydrogen-bond acceptors (Lipinski definition) is 4. The van der Waals surface area contributed by atoms with E-state index < -0.39 is 11.7 Å². The van der Waals surface area contributed by atoms with Crippen molar-refractivity contribution >= 4 is 29.6 Å². The quantitative estimate of drug-likeness (QED) is 0.372. The first-order chi connectivity index (χ1) is 14.4. The van der Waals surface area contributed by atoms with E-state index in [0.717, 1.165) is 29.1 Å². The average molecular weight is 447 g/mol. The Labute approximate surface area is 180 Å². The van der Waals surface area contributed by atoms with Gasteiger partial charge in [-0.3, -0.25) is 9.36 Å². The third-order valence-electron chi connectivity index (χ3n) is 4.52. The maximum atomic E-state index is 13.2. The molecule has 8 heteroatoms. The molecule has 1 aliphatic rings. The molecule has 3 aromatic rings. The Morgan fingerprint density at radius 2 is 1.93 bits per heavy atom. The van der Waals surface area contributed by atoms with Crippen LogP contribution in [0.25, 0.3) is 11.8 Å². The van der Waals surface area contributed by atoms with Gasteiger partial charge >= 0.3 is 6.18 Å². The standard InChI is InChI=1S/C22H17F3N2OS2/c23-22(24,25)16-9-4-10-17(14-16)27-20(28)19-18(11-13-29-19)26-21(27)30-12-5-8-15-6-2-1-3-7-15/h1-10,14H,11-13H2/b8-5+. The van der Waals surface area contributed by atoms with Gasteiger partial charge in [-0.25, -0.2) is 4.98 Å². The Kier molecular flexibility index (Phi) is 6.06. The van der Waals surface area contributed by atoms with Crippen LogP contribution in [-0.2, 0) is 12.6 Å². The molecule has 0 unspecified atom stereocenters. The van der Waals surface area contributed by atoms with Gasteiger partial charge in [0.25, 0.3) is 5.56 Å². The minimum Gasteiger partial charge on any atom is -0.268 e. The van der Waals surface area contributed by atoms with Crippen LogP contribution in [0.5, 0.6) is 0 Å². The van der Waals surface area contributed by atoms with E-state index in [-0.39, 0.29) is 11.2 Å². The van der Waals surface area contributed by atoms with E-state index in [1.54, 1.807) is 0 Å². The first-order valence-corrected chi connectivity index (χ1v) is 11.2. The van der Waals surface area contributed by atoms with Crippen molar-refractivity contribution in [1.29, 1.82) is 0 Å². The van der Waals surface area contributed by atoms with Gasteiger partial charge < -0.3 is 0 Å². The third kappa shape index (κ3) is 4.49. The van der Waals surface area contributed by atoms with Crippen LogP contribution in [0.1, 0.15) is 16.8 Å². The second kappa shape index (κ2) is 8.73. The summed E-state index contributed by atoms with van der Waals surface area (Å²) in [6.07, 6.45) is 0.115. The molecule has 154 valence electrons. The fraction of sp³-hybridized carbons (Fsp3) is 0.182. The lowest BCUT2D eigenvalue weighted by Gasteiger charge is -2.15. The van der Waals surface area contributed by atoms with Gasteiger partial charge in [0.05, 0.1) is 21.8 Å². The zero-order valence-corrected chi connectivity index (χ0v) is 17.4. The lowest BCUT2D eigenvalue weighted by Crippen LogP contribution is -2.24. The number of rotatable bonds is 5. The molecule has 0 fully saturated rings. The minimum atomic E-state index is -4.48. The van der Waals surface area contributed by atoms with Crippen LogP contribution < -0.4 is 5.56 Å². The van der Waals surface area contributed by atoms with E-state index in [1.807, 2.05) is 42.5 Å². The molecular formula is C22H17F3N2OS2. The zero-order chi connectivity index (χ0) is 21.1. The van der Waals surface area contributed by atoms with Crippen molar-refractivity contribution in [2.24, 2.45) is 0 Å². The second-order valence-electron chi connectivity index (χ2n) is 6.58. The Bertz CT molecular complexity index is 1140. The first kappa shape index (κ1) is 20.8. The molecule has 0 radical (unpaired) electrons. The highest BCUT2D eigenvalue weighted by atomic mass is 32.2. The van der Waals surface area contributed by atoms with Crippen LogP contribution in [0.3, 0.4) is 0 Å². The molecule has 2 aromatic carbocycles. The highest BCUT2D eigenvalue weighted by molar-refractivity contribution is 7.99. The van der Waals surface area contributed by atoms with E-state index in [4.69, 9.17) is 0 Å².